The molecule has 0 aliphatic carbocycles. The van der Waals surface area contributed by atoms with Crippen molar-refractivity contribution in [3.63, 3.8) is 0 Å². The number of amides is 4. The Balaban J connectivity index is 2.24. The molecule has 0 aliphatic rings. The second-order valence-corrected chi connectivity index (χ2v) is 9.25. The van der Waals surface area contributed by atoms with Gasteiger partial charge in [-0.05, 0) is 36.1 Å². The third kappa shape index (κ3) is 10.3. The molecule has 2 aromatic rings. The van der Waals surface area contributed by atoms with E-state index in [1.807, 2.05) is 30.3 Å². The van der Waals surface area contributed by atoms with Crippen LogP contribution in [0, 0.1) is 0 Å². The van der Waals surface area contributed by atoms with E-state index in [0.717, 1.165) is 11.1 Å². The zero-order valence-corrected chi connectivity index (χ0v) is 22.3. The molecule has 0 spiro atoms. The lowest BCUT2D eigenvalue weighted by Crippen LogP contribution is -2.57. The molecule has 0 aromatic heterocycles. The van der Waals surface area contributed by atoms with Crippen LogP contribution in [0.1, 0.15) is 30.9 Å². The average molecular weight is 539 g/mol. The van der Waals surface area contributed by atoms with Gasteiger partial charge in [-0.1, -0.05) is 42.5 Å². The summed E-state index contributed by atoms with van der Waals surface area (Å²) in [5, 5.41) is 5.41. The first-order valence-electron chi connectivity index (χ1n) is 12.5. The number of likely N-dealkylation sites (N-methyl/N-ethyl adjacent to an activating group) is 1. The number of nitrogens with one attached hydrogen (secondary N) is 2. The molecule has 2 aromatic carbocycles. The minimum atomic E-state index is -1.04. The van der Waals surface area contributed by atoms with E-state index in [4.69, 9.17) is 22.9 Å². The number of carbonyl (C=O) groups is 4. The first-order valence-corrected chi connectivity index (χ1v) is 12.5. The van der Waals surface area contributed by atoms with Crippen LogP contribution in [-0.2, 0) is 32.0 Å². The Morgan fingerprint density at radius 1 is 0.846 bits per heavy atom. The number of nitrogen functional groups attached to an aromatic ring is 1. The Labute approximate surface area is 228 Å². The number of benzene rings is 2. The quantitative estimate of drug-likeness (QED) is 0.0795. The first kappa shape index (κ1) is 30.6. The zero-order chi connectivity index (χ0) is 28.9. The van der Waals surface area contributed by atoms with Crippen LogP contribution >= 0.6 is 0 Å². The van der Waals surface area contributed by atoms with Gasteiger partial charge >= 0.3 is 0 Å². The number of guanidine groups is 1. The summed E-state index contributed by atoms with van der Waals surface area (Å²) < 4.78 is 0. The highest BCUT2D eigenvalue weighted by Gasteiger charge is 2.31. The predicted octanol–water partition coefficient (Wildman–Crippen LogP) is -0.591. The minimum Gasteiger partial charge on any atom is -0.399 e. The Morgan fingerprint density at radius 3 is 2.00 bits per heavy atom. The lowest BCUT2D eigenvalue weighted by atomic mass is 10.0. The molecule has 0 bridgehead atoms. The van der Waals surface area contributed by atoms with Gasteiger partial charge in [0.1, 0.15) is 18.1 Å². The molecule has 12 nitrogen and oxygen atoms in total. The number of aliphatic imine (C=N–C) groups is 1. The third-order valence-corrected chi connectivity index (χ3v) is 6.20. The molecule has 10 N–H and O–H groups in total. The summed E-state index contributed by atoms with van der Waals surface area (Å²) in [5.74, 6) is -2.26. The van der Waals surface area contributed by atoms with Gasteiger partial charge < -0.3 is 38.5 Å². The van der Waals surface area contributed by atoms with Gasteiger partial charge in [-0.3, -0.25) is 24.2 Å². The molecule has 39 heavy (non-hydrogen) atoms. The van der Waals surface area contributed by atoms with E-state index in [0.29, 0.717) is 12.1 Å². The maximum absolute atomic E-state index is 13.5. The van der Waals surface area contributed by atoms with E-state index in [2.05, 4.69) is 15.6 Å². The number of hydrogen-bond donors (Lipinski definition) is 6. The van der Waals surface area contributed by atoms with E-state index in [-0.39, 0.29) is 37.7 Å². The fourth-order valence-electron chi connectivity index (χ4n) is 3.89. The fourth-order valence-corrected chi connectivity index (χ4v) is 3.89. The van der Waals surface area contributed by atoms with E-state index < -0.39 is 35.8 Å². The highest BCUT2D eigenvalue weighted by molar-refractivity contribution is 5.94. The van der Waals surface area contributed by atoms with E-state index in [1.165, 1.54) is 18.9 Å². The smallest absolute Gasteiger partial charge is 0.243 e. The maximum Gasteiger partial charge on any atom is 0.243 e. The second-order valence-electron chi connectivity index (χ2n) is 9.25. The SMILES string of the molecule is CC(=O)N(C)C(Cc1ccc(N)cc1)C(=O)NC(CCCN=C(N)N)C(=O)NC(Cc1ccccc1)C(N)=O. The summed E-state index contributed by atoms with van der Waals surface area (Å²) in [7, 11) is 1.51. The van der Waals surface area contributed by atoms with Crippen LogP contribution in [-0.4, -0.2) is 66.2 Å². The molecule has 4 amide bonds. The number of carbonyl (C=O) groups excluding carboxylic acids is 4. The topological polar surface area (TPSA) is 212 Å². The van der Waals surface area contributed by atoms with Crippen LogP contribution in [0.2, 0.25) is 0 Å². The van der Waals surface area contributed by atoms with Crippen molar-refractivity contribution in [2.45, 2.75) is 50.7 Å². The van der Waals surface area contributed by atoms with E-state index >= 15 is 0 Å². The lowest BCUT2D eigenvalue weighted by molar-refractivity contribution is -0.139. The molecule has 0 radical (unpaired) electrons. The molecule has 0 saturated carbocycles. The van der Waals surface area contributed by atoms with Crippen LogP contribution in [0.15, 0.2) is 59.6 Å². The number of primary amides is 1. The van der Waals surface area contributed by atoms with Crippen molar-refractivity contribution in [3.05, 3.63) is 65.7 Å². The summed E-state index contributed by atoms with van der Waals surface area (Å²) in [6, 6.07) is 13.1. The standard InChI is InChI=1S/C27H38N8O4/c1-17(36)35(2)23(16-19-10-12-20(28)13-11-19)26(39)33-21(9-6-14-32-27(30)31)25(38)34-22(24(29)37)15-18-7-4-3-5-8-18/h3-5,7-8,10-13,21-23H,6,9,14-16,28H2,1-2H3,(H2,29,37)(H,33,39)(H,34,38)(H4,30,31,32). The van der Waals surface area contributed by atoms with Gasteiger partial charge in [0.15, 0.2) is 5.96 Å². The molecule has 210 valence electrons. The van der Waals surface area contributed by atoms with Crippen molar-refractivity contribution in [3.8, 4) is 0 Å². The molecule has 0 fully saturated rings. The summed E-state index contributed by atoms with van der Waals surface area (Å²) in [4.78, 5) is 56.3. The van der Waals surface area contributed by atoms with Crippen molar-refractivity contribution in [2.75, 3.05) is 19.3 Å². The second kappa shape index (κ2) is 15.0. The molecule has 3 atom stereocenters. The van der Waals surface area contributed by atoms with Crippen LogP contribution in [0.3, 0.4) is 0 Å². The van der Waals surface area contributed by atoms with Crippen molar-refractivity contribution < 1.29 is 19.2 Å². The average Bonchev–Trinajstić information content (AvgIpc) is 2.89. The van der Waals surface area contributed by atoms with Gasteiger partial charge in [0.25, 0.3) is 0 Å². The number of rotatable bonds is 14. The summed E-state index contributed by atoms with van der Waals surface area (Å²) >= 11 is 0. The number of anilines is 1. The first-order chi connectivity index (χ1) is 18.5. The maximum atomic E-state index is 13.5. The van der Waals surface area contributed by atoms with Crippen molar-refractivity contribution in [1.29, 1.82) is 0 Å². The van der Waals surface area contributed by atoms with Gasteiger partial charge in [-0.2, -0.15) is 0 Å². The van der Waals surface area contributed by atoms with Gasteiger partial charge in [0.2, 0.25) is 23.6 Å². The molecule has 0 aliphatic heterocycles. The van der Waals surface area contributed by atoms with Gasteiger partial charge in [-0.25, -0.2) is 0 Å². The van der Waals surface area contributed by atoms with Crippen LogP contribution < -0.4 is 33.6 Å². The van der Waals surface area contributed by atoms with Gasteiger partial charge in [0, 0.05) is 39.0 Å². The number of nitrogens with zero attached hydrogens (tertiary/aromatic N) is 2. The number of nitrogens with two attached hydrogens (primary N) is 4. The van der Waals surface area contributed by atoms with Gasteiger partial charge in [-0.15, -0.1) is 0 Å². The summed E-state index contributed by atoms with van der Waals surface area (Å²) in [6.45, 7) is 1.58. The van der Waals surface area contributed by atoms with Crippen LogP contribution in [0.5, 0.6) is 0 Å². The Hall–Kier alpha value is -4.61. The van der Waals surface area contributed by atoms with Gasteiger partial charge in [0.05, 0.1) is 0 Å². The molecular formula is C27H38N8O4. The van der Waals surface area contributed by atoms with Crippen molar-refractivity contribution >= 4 is 35.3 Å². The summed E-state index contributed by atoms with van der Waals surface area (Å²) in [5.41, 5.74) is 24.3. The van der Waals surface area contributed by atoms with Crippen molar-refractivity contribution in [1.82, 2.24) is 15.5 Å². The molecule has 0 saturated heterocycles. The number of hydrogen-bond acceptors (Lipinski definition) is 6. The Kier molecular flexibility index (Phi) is 11.7. The third-order valence-electron chi connectivity index (χ3n) is 6.20. The highest BCUT2D eigenvalue weighted by atomic mass is 16.2. The Bertz CT molecular complexity index is 1150. The fraction of sp³-hybridized carbons (Fsp3) is 0.370. The monoisotopic (exact) mass is 538 g/mol. The minimum absolute atomic E-state index is 0.0941. The molecule has 2 rings (SSSR count). The lowest BCUT2D eigenvalue weighted by Gasteiger charge is -2.29. The molecule has 12 heteroatoms. The predicted molar refractivity (Wildman–Crippen MR) is 150 cm³/mol. The van der Waals surface area contributed by atoms with E-state index in [9.17, 15) is 19.2 Å². The normalized spacial score (nSPS) is 12.9. The van der Waals surface area contributed by atoms with Crippen LogP contribution in [0.25, 0.3) is 0 Å². The van der Waals surface area contributed by atoms with E-state index in [1.54, 1.807) is 24.3 Å². The molecule has 3 unspecified atom stereocenters. The molecule has 0 heterocycles. The summed E-state index contributed by atoms with van der Waals surface area (Å²) in [6.07, 6.45) is 0.913. The highest BCUT2D eigenvalue weighted by Crippen LogP contribution is 2.13. The van der Waals surface area contributed by atoms with Crippen molar-refractivity contribution in [2.24, 2.45) is 22.2 Å². The Morgan fingerprint density at radius 2 is 1.44 bits per heavy atom. The molecular weight excluding hydrogens is 500 g/mol. The largest absolute Gasteiger partial charge is 0.399 e. The van der Waals surface area contributed by atoms with Crippen LogP contribution in [0.4, 0.5) is 5.69 Å². The zero-order valence-electron chi connectivity index (χ0n) is 22.3.